The van der Waals surface area contributed by atoms with Crippen LogP contribution in [0.2, 0.25) is 0 Å². The highest BCUT2D eigenvalue weighted by Crippen LogP contribution is 2.41. The lowest BCUT2D eigenvalue weighted by Gasteiger charge is -2.30. The van der Waals surface area contributed by atoms with E-state index in [1.165, 1.54) is 8.96 Å². The Bertz CT molecular complexity index is 1440. The van der Waals surface area contributed by atoms with Gasteiger partial charge in [-0.05, 0) is 54.8 Å². The van der Waals surface area contributed by atoms with Gasteiger partial charge in [0.05, 0.1) is 5.57 Å². The van der Waals surface area contributed by atoms with Gasteiger partial charge in [-0.25, -0.2) is 0 Å². The SMILES string of the molecule is CC1=C(/C=C/c2ccccc2)C2=Cc3c(/C=C/c4ccccc4)c(C)c(C)n3[B-](F)(F)[N+]2=C1C. The third-order valence-electron chi connectivity index (χ3n) is 7.07. The van der Waals surface area contributed by atoms with E-state index in [0.29, 0.717) is 22.8 Å². The van der Waals surface area contributed by atoms with Crippen molar-refractivity contribution in [2.75, 3.05) is 0 Å². The maximum atomic E-state index is 16.1. The lowest BCUT2D eigenvalue weighted by Crippen LogP contribution is -2.50. The Morgan fingerprint density at radius 3 is 1.91 bits per heavy atom. The van der Waals surface area contributed by atoms with Crippen molar-refractivity contribution < 1.29 is 13.1 Å². The normalized spacial score (nSPS) is 17.1. The van der Waals surface area contributed by atoms with Gasteiger partial charge in [-0.2, -0.15) is 0 Å². The lowest BCUT2D eigenvalue weighted by molar-refractivity contribution is -0.362. The number of nitrogens with zero attached hydrogens (tertiary/aromatic N) is 2. The minimum atomic E-state index is -4.03. The van der Waals surface area contributed by atoms with Crippen LogP contribution in [0.25, 0.3) is 24.3 Å². The van der Waals surface area contributed by atoms with Crippen molar-refractivity contribution in [1.82, 2.24) is 4.48 Å². The number of halogens is 2. The molecule has 2 aliphatic heterocycles. The van der Waals surface area contributed by atoms with Crippen molar-refractivity contribution in [3.05, 3.63) is 117 Å². The molecular weight excluding hydrogens is 425 g/mol. The van der Waals surface area contributed by atoms with Crippen molar-refractivity contribution in [2.24, 2.45) is 0 Å². The number of allylic oxidation sites excluding steroid dienone is 2. The highest BCUT2D eigenvalue weighted by Gasteiger charge is 2.54. The zero-order valence-corrected chi connectivity index (χ0v) is 19.9. The van der Waals surface area contributed by atoms with Gasteiger partial charge >= 0.3 is 6.97 Å². The quantitative estimate of drug-likeness (QED) is 0.365. The number of fused-ring (bicyclic) bond motifs is 2. The predicted octanol–water partition coefficient (Wildman–Crippen LogP) is 7.37. The van der Waals surface area contributed by atoms with E-state index >= 15 is 8.63 Å². The molecule has 2 aromatic carbocycles. The first-order valence-electron chi connectivity index (χ1n) is 11.6. The van der Waals surface area contributed by atoms with E-state index in [2.05, 4.69) is 0 Å². The van der Waals surface area contributed by atoms with Crippen LogP contribution in [0.1, 0.15) is 47.5 Å². The lowest BCUT2D eigenvalue weighted by atomic mass is 9.89. The molecule has 0 unspecified atom stereocenters. The van der Waals surface area contributed by atoms with E-state index in [9.17, 15) is 0 Å². The summed E-state index contributed by atoms with van der Waals surface area (Å²) in [6, 6.07) is 19.9. The van der Waals surface area contributed by atoms with E-state index in [-0.39, 0.29) is 0 Å². The summed E-state index contributed by atoms with van der Waals surface area (Å²) in [6.45, 7) is 3.40. The van der Waals surface area contributed by atoms with Crippen LogP contribution in [-0.2, 0) is 0 Å². The molecule has 0 fully saturated rings. The first-order valence-corrected chi connectivity index (χ1v) is 11.6. The number of benzene rings is 2. The van der Waals surface area contributed by atoms with Gasteiger partial charge in [0.2, 0.25) is 0 Å². The van der Waals surface area contributed by atoms with Crippen LogP contribution in [0.5, 0.6) is 0 Å². The van der Waals surface area contributed by atoms with Crippen LogP contribution >= 0.6 is 0 Å². The van der Waals surface area contributed by atoms with Crippen LogP contribution in [-0.4, -0.2) is 21.6 Å². The Morgan fingerprint density at radius 1 is 0.765 bits per heavy atom. The zero-order valence-electron chi connectivity index (χ0n) is 19.9. The molecule has 34 heavy (non-hydrogen) atoms. The highest BCUT2D eigenvalue weighted by atomic mass is 19.2. The van der Waals surface area contributed by atoms with Gasteiger partial charge in [0.15, 0.2) is 5.70 Å². The summed E-state index contributed by atoms with van der Waals surface area (Å²) in [5, 5.41) is 0. The Balaban J connectivity index is 1.67. The third kappa shape index (κ3) is 3.43. The topological polar surface area (TPSA) is 7.94 Å². The molecule has 0 atom stereocenters. The molecule has 2 nitrogen and oxygen atoms in total. The summed E-state index contributed by atoms with van der Waals surface area (Å²) in [5.41, 5.74) is 7.82. The largest absolute Gasteiger partial charge is 0.737 e. The molecule has 0 radical (unpaired) electrons. The Hall–Kier alpha value is -3.73. The number of hydrogen-bond donors (Lipinski definition) is 0. The third-order valence-corrected chi connectivity index (χ3v) is 7.07. The standard InChI is InChI=1S/C29H27BF2N2/c1-20-22(3)33-28(26(20)17-15-24-11-7-5-8-12-24)19-29-27(18-16-25-13-9-6-10-14-25)21(2)23(4)34(29)30(33,31)32/h5-19H,1-4H3/b17-15+,18-16+. The van der Waals surface area contributed by atoms with Crippen molar-refractivity contribution in [2.45, 2.75) is 27.7 Å². The molecule has 5 heteroatoms. The molecule has 3 aromatic rings. The fourth-order valence-electron chi connectivity index (χ4n) is 5.00. The summed E-state index contributed by atoms with van der Waals surface area (Å²) < 4.78 is 34.8. The molecule has 0 bridgehead atoms. The van der Waals surface area contributed by atoms with Crippen LogP contribution < -0.4 is 0 Å². The molecule has 0 N–H and O–H groups in total. The first kappa shape index (κ1) is 22.1. The molecule has 0 aliphatic carbocycles. The second-order valence-electron chi connectivity index (χ2n) is 8.98. The molecular formula is C29H27BF2N2. The van der Waals surface area contributed by atoms with Crippen molar-refractivity contribution in [3.63, 3.8) is 0 Å². The Kier molecular flexibility index (Phi) is 5.36. The summed E-state index contributed by atoms with van der Waals surface area (Å²) in [5.74, 6) is 0. The highest BCUT2D eigenvalue weighted by molar-refractivity contribution is 6.58. The zero-order chi connectivity index (χ0) is 24.0. The van der Waals surface area contributed by atoms with E-state index < -0.39 is 6.97 Å². The van der Waals surface area contributed by atoms with Gasteiger partial charge in [0.25, 0.3) is 0 Å². The Morgan fingerprint density at radius 2 is 1.32 bits per heavy atom. The first-order chi connectivity index (χ1) is 16.3. The monoisotopic (exact) mass is 452 g/mol. The molecule has 0 saturated carbocycles. The van der Waals surface area contributed by atoms with Crippen molar-refractivity contribution >= 4 is 37.0 Å². The fraction of sp³-hybridized carbons (Fsp3) is 0.138. The van der Waals surface area contributed by atoms with E-state index in [0.717, 1.165) is 33.4 Å². The van der Waals surface area contributed by atoms with E-state index in [1.54, 1.807) is 13.8 Å². The van der Waals surface area contributed by atoms with Gasteiger partial charge < -0.3 is 17.6 Å². The van der Waals surface area contributed by atoms with Gasteiger partial charge in [0, 0.05) is 24.3 Å². The molecule has 1 aromatic heterocycles. The fourth-order valence-corrected chi connectivity index (χ4v) is 5.00. The summed E-state index contributed by atoms with van der Waals surface area (Å²) >= 11 is 0. The van der Waals surface area contributed by atoms with Gasteiger partial charge in [-0.15, -0.1) is 0 Å². The second kappa shape index (κ2) is 8.25. The second-order valence-corrected chi connectivity index (χ2v) is 8.98. The summed E-state index contributed by atoms with van der Waals surface area (Å²) in [4.78, 5) is 0. The van der Waals surface area contributed by atoms with Crippen molar-refractivity contribution in [3.8, 4) is 0 Å². The number of rotatable bonds is 4. The van der Waals surface area contributed by atoms with Crippen LogP contribution in [0, 0.1) is 13.8 Å². The molecule has 170 valence electrons. The van der Waals surface area contributed by atoms with E-state index in [1.807, 2.05) is 105 Å². The average Bonchev–Trinajstić information content (AvgIpc) is 3.22. The number of hydrogen-bond acceptors (Lipinski definition) is 0. The van der Waals surface area contributed by atoms with Crippen LogP contribution in [0.4, 0.5) is 8.63 Å². The molecule has 3 heterocycles. The van der Waals surface area contributed by atoms with Crippen molar-refractivity contribution in [1.29, 1.82) is 0 Å². The number of aromatic nitrogens is 1. The van der Waals surface area contributed by atoms with Gasteiger partial charge in [-0.1, -0.05) is 78.9 Å². The van der Waals surface area contributed by atoms with Crippen LogP contribution in [0.15, 0.2) is 83.6 Å². The minimum absolute atomic E-state index is 0.562. The molecule has 2 aliphatic rings. The summed E-state index contributed by atoms with van der Waals surface area (Å²) in [7, 11) is 0. The average molecular weight is 452 g/mol. The molecule has 0 saturated heterocycles. The van der Waals surface area contributed by atoms with Crippen LogP contribution in [0.3, 0.4) is 0 Å². The Labute approximate surface area is 199 Å². The minimum Gasteiger partial charge on any atom is -0.393 e. The maximum Gasteiger partial charge on any atom is 0.737 e. The molecule has 0 amide bonds. The van der Waals surface area contributed by atoms with Gasteiger partial charge in [0.1, 0.15) is 5.71 Å². The summed E-state index contributed by atoms with van der Waals surface area (Å²) in [6.07, 6.45) is 9.83. The molecule has 0 spiro atoms. The smallest absolute Gasteiger partial charge is 0.393 e. The maximum absolute atomic E-state index is 16.1. The van der Waals surface area contributed by atoms with E-state index in [4.69, 9.17) is 0 Å². The van der Waals surface area contributed by atoms with Gasteiger partial charge in [-0.3, -0.25) is 0 Å². The molecule has 5 rings (SSSR count). The predicted molar refractivity (Wildman–Crippen MR) is 140 cm³/mol.